The quantitative estimate of drug-likeness (QED) is 0.383. The molecule has 3 heterocycles. The summed E-state index contributed by atoms with van der Waals surface area (Å²) in [6.45, 7) is 3.17. The van der Waals surface area contributed by atoms with E-state index in [2.05, 4.69) is 15.1 Å². The Hall–Kier alpha value is -2.91. The fourth-order valence-corrected chi connectivity index (χ4v) is 5.56. The zero-order chi connectivity index (χ0) is 27.4. The number of carbonyl (C=O) groups excluding carboxylic acids is 2. The number of carbonyl (C=O) groups is 2. The van der Waals surface area contributed by atoms with Crippen LogP contribution in [0.1, 0.15) is 23.2 Å². The Labute approximate surface area is 242 Å². The second-order valence-corrected chi connectivity index (χ2v) is 10.8. The Morgan fingerprint density at radius 2 is 1.74 bits per heavy atom. The van der Waals surface area contributed by atoms with Gasteiger partial charge in [0.1, 0.15) is 6.54 Å². The molecular weight excluding hydrogens is 561 g/mol. The fraction of sp³-hybridized carbons (Fsp3) is 0.357. The van der Waals surface area contributed by atoms with Gasteiger partial charge in [-0.1, -0.05) is 53.0 Å². The van der Waals surface area contributed by atoms with Gasteiger partial charge in [-0.3, -0.25) is 9.59 Å². The third-order valence-corrected chi connectivity index (χ3v) is 7.86. The first-order chi connectivity index (χ1) is 18.9. The van der Waals surface area contributed by atoms with Crippen LogP contribution in [0.4, 0.5) is 5.82 Å². The van der Waals surface area contributed by atoms with Crippen molar-refractivity contribution in [1.29, 1.82) is 0 Å². The molecule has 3 aromatic rings. The largest absolute Gasteiger partial charge is 0.376 e. The lowest BCUT2D eigenvalue weighted by Gasteiger charge is -2.36. The first-order valence-corrected chi connectivity index (χ1v) is 14.0. The van der Waals surface area contributed by atoms with E-state index in [1.165, 1.54) is 6.07 Å². The van der Waals surface area contributed by atoms with E-state index in [1.807, 2.05) is 36.4 Å². The van der Waals surface area contributed by atoms with E-state index in [1.54, 1.807) is 21.9 Å². The Morgan fingerprint density at radius 1 is 0.949 bits per heavy atom. The highest BCUT2D eigenvalue weighted by atomic mass is 35.5. The molecule has 2 aliphatic rings. The first-order valence-electron chi connectivity index (χ1n) is 12.9. The maximum absolute atomic E-state index is 13.4. The Balaban J connectivity index is 1.21. The number of amides is 2. The average molecular weight is 589 g/mol. The topological polar surface area (TPSA) is 78.9 Å². The minimum absolute atomic E-state index is 0.0516. The van der Waals surface area contributed by atoms with E-state index in [4.69, 9.17) is 39.5 Å². The molecule has 0 N–H and O–H groups in total. The van der Waals surface area contributed by atoms with Crippen molar-refractivity contribution >= 4 is 52.4 Å². The SMILES string of the molecule is O=C(CN(CC1CCCO1)C(=O)c1ccc(Cl)cc1Cl)N1CCN(c2ccc(-c3ccccc3Cl)nn2)CC1. The van der Waals surface area contributed by atoms with Crippen LogP contribution in [-0.2, 0) is 9.53 Å². The second kappa shape index (κ2) is 12.5. The minimum Gasteiger partial charge on any atom is -0.376 e. The minimum atomic E-state index is -0.312. The summed E-state index contributed by atoms with van der Waals surface area (Å²) in [5, 5.41) is 10.1. The van der Waals surface area contributed by atoms with Crippen LogP contribution >= 0.6 is 34.8 Å². The molecule has 2 aliphatic heterocycles. The summed E-state index contributed by atoms with van der Waals surface area (Å²) in [5.41, 5.74) is 1.85. The van der Waals surface area contributed by atoms with Crippen molar-refractivity contribution in [2.75, 3.05) is 50.8 Å². The number of benzene rings is 2. The van der Waals surface area contributed by atoms with Crippen LogP contribution in [0.15, 0.2) is 54.6 Å². The maximum Gasteiger partial charge on any atom is 0.255 e. The maximum atomic E-state index is 13.4. The van der Waals surface area contributed by atoms with E-state index in [0.29, 0.717) is 60.6 Å². The smallest absolute Gasteiger partial charge is 0.255 e. The first kappa shape index (κ1) is 27.6. The highest BCUT2D eigenvalue weighted by Crippen LogP contribution is 2.27. The van der Waals surface area contributed by atoms with E-state index in [9.17, 15) is 9.59 Å². The predicted molar refractivity (Wildman–Crippen MR) is 153 cm³/mol. The standard InChI is InChI=1S/C28H28Cl3N5O3/c29-19-7-8-22(24(31)16-19)28(38)36(17-20-4-3-15-39-20)18-27(37)35-13-11-34(12-14-35)26-10-9-25(32-33-26)21-5-1-2-6-23(21)30/h1-2,5-10,16,20H,3-4,11-15,17-18H2. The van der Waals surface area contributed by atoms with Gasteiger partial charge in [0.25, 0.3) is 5.91 Å². The molecular formula is C28H28Cl3N5O3. The van der Waals surface area contributed by atoms with Gasteiger partial charge in [0.2, 0.25) is 5.91 Å². The molecule has 2 amide bonds. The monoisotopic (exact) mass is 587 g/mol. The summed E-state index contributed by atoms with van der Waals surface area (Å²) >= 11 is 18.6. The van der Waals surface area contributed by atoms with Crippen LogP contribution in [0.25, 0.3) is 11.3 Å². The third kappa shape index (κ3) is 6.64. The number of halogens is 3. The molecule has 0 radical (unpaired) electrons. The van der Waals surface area contributed by atoms with Gasteiger partial charge in [-0.05, 0) is 49.2 Å². The van der Waals surface area contributed by atoms with Crippen LogP contribution in [0.3, 0.4) is 0 Å². The van der Waals surface area contributed by atoms with Crippen LogP contribution in [0, 0.1) is 0 Å². The lowest BCUT2D eigenvalue weighted by atomic mass is 10.1. The number of hydrogen-bond donors (Lipinski definition) is 0. The van der Waals surface area contributed by atoms with Gasteiger partial charge in [0.05, 0.1) is 27.4 Å². The molecule has 39 heavy (non-hydrogen) atoms. The number of hydrogen-bond acceptors (Lipinski definition) is 6. The lowest BCUT2D eigenvalue weighted by molar-refractivity contribution is -0.132. The van der Waals surface area contributed by atoms with Gasteiger partial charge in [0.15, 0.2) is 5.82 Å². The summed E-state index contributed by atoms with van der Waals surface area (Å²) in [6.07, 6.45) is 1.69. The van der Waals surface area contributed by atoms with Crippen LogP contribution in [-0.4, -0.2) is 83.8 Å². The molecule has 2 fully saturated rings. The van der Waals surface area contributed by atoms with E-state index in [-0.39, 0.29) is 29.5 Å². The number of ether oxygens (including phenoxy) is 1. The van der Waals surface area contributed by atoms with Crippen molar-refractivity contribution in [1.82, 2.24) is 20.0 Å². The van der Waals surface area contributed by atoms with Crippen molar-refractivity contribution < 1.29 is 14.3 Å². The van der Waals surface area contributed by atoms with Crippen LogP contribution in [0.2, 0.25) is 15.1 Å². The number of rotatable bonds is 7. The second-order valence-electron chi connectivity index (χ2n) is 9.57. The molecule has 1 unspecified atom stereocenters. The van der Waals surface area contributed by atoms with Crippen molar-refractivity contribution in [2.45, 2.75) is 18.9 Å². The number of piperazine rings is 1. The summed E-state index contributed by atoms with van der Waals surface area (Å²) in [7, 11) is 0. The van der Waals surface area contributed by atoms with Gasteiger partial charge < -0.3 is 19.4 Å². The van der Waals surface area contributed by atoms with Gasteiger partial charge in [-0.15, -0.1) is 10.2 Å². The molecule has 1 atom stereocenters. The van der Waals surface area contributed by atoms with Crippen molar-refractivity contribution in [3.8, 4) is 11.3 Å². The average Bonchev–Trinajstić information content (AvgIpc) is 3.46. The van der Waals surface area contributed by atoms with Gasteiger partial charge in [-0.2, -0.15) is 0 Å². The summed E-state index contributed by atoms with van der Waals surface area (Å²) in [6, 6.07) is 16.1. The molecule has 8 nitrogen and oxygen atoms in total. The van der Waals surface area contributed by atoms with E-state index < -0.39 is 0 Å². The molecule has 2 saturated heterocycles. The Kier molecular flexibility index (Phi) is 8.87. The van der Waals surface area contributed by atoms with Crippen molar-refractivity contribution in [3.05, 3.63) is 75.2 Å². The number of anilines is 1. The van der Waals surface area contributed by atoms with Gasteiger partial charge >= 0.3 is 0 Å². The summed E-state index contributed by atoms with van der Waals surface area (Å²) in [4.78, 5) is 32.1. The Bertz CT molecular complexity index is 1330. The van der Waals surface area contributed by atoms with Crippen LogP contribution in [0.5, 0.6) is 0 Å². The highest BCUT2D eigenvalue weighted by Gasteiger charge is 2.29. The molecule has 1 aromatic heterocycles. The molecule has 0 aliphatic carbocycles. The molecule has 5 rings (SSSR count). The summed E-state index contributed by atoms with van der Waals surface area (Å²) < 4.78 is 5.75. The van der Waals surface area contributed by atoms with Crippen molar-refractivity contribution in [2.24, 2.45) is 0 Å². The highest BCUT2D eigenvalue weighted by molar-refractivity contribution is 6.36. The zero-order valence-corrected chi connectivity index (χ0v) is 23.5. The molecule has 0 saturated carbocycles. The fourth-order valence-electron chi connectivity index (χ4n) is 4.84. The Morgan fingerprint density at radius 3 is 2.41 bits per heavy atom. The molecule has 2 aromatic carbocycles. The summed E-state index contributed by atoms with van der Waals surface area (Å²) in [5.74, 6) is 0.310. The predicted octanol–water partition coefficient (Wildman–Crippen LogP) is 5.07. The normalized spacial score (nSPS) is 17.4. The third-order valence-electron chi connectivity index (χ3n) is 6.98. The van der Waals surface area contributed by atoms with E-state index >= 15 is 0 Å². The molecule has 0 bridgehead atoms. The van der Waals surface area contributed by atoms with Gasteiger partial charge in [0, 0.05) is 49.9 Å². The van der Waals surface area contributed by atoms with Crippen LogP contribution < -0.4 is 4.90 Å². The lowest BCUT2D eigenvalue weighted by Crippen LogP contribution is -2.52. The molecule has 0 spiro atoms. The number of nitrogens with zero attached hydrogens (tertiary/aromatic N) is 5. The zero-order valence-electron chi connectivity index (χ0n) is 21.2. The number of aromatic nitrogens is 2. The molecule has 204 valence electrons. The van der Waals surface area contributed by atoms with Gasteiger partial charge in [-0.25, -0.2) is 0 Å². The van der Waals surface area contributed by atoms with Crippen molar-refractivity contribution in [3.63, 3.8) is 0 Å². The molecule has 11 heteroatoms. The van der Waals surface area contributed by atoms with E-state index in [0.717, 1.165) is 24.2 Å².